The summed E-state index contributed by atoms with van der Waals surface area (Å²) in [5.74, 6) is 0. The molecule has 0 spiro atoms. The average Bonchev–Trinajstić information content (AvgIpc) is 2.81. The summed E-state index contributed by atoms with van der Waals surface area (Å²) in [6.07, 6.45) is 1.18. The standard InChI is InChI=1S/C11H15B2N2/c12-13-15(11-6-7-14-8-11)9-10-4-2-1-3-5-10/h1-5,11,14H,6-9H2. The molecule has 75 valence electrons. The molecule has 1 unspecified atom stereocenters. The maximum atomic E-state index is 5.67. The van der Waals surface area contributed by atoms with Crippen LogP contribution < -0.4 is 5.32 Å². The highest BCUT2D eigenvalue weighted by Crippen LogP contribution is 2.11. The molecule has 1 aliphatic rings. The van der Waals surface area contributed by atoms with Crippen molar-refractivity contribution < 1.29 is 0 Å². The fraction of sp³-hybridized carbons (Fsp3) is 0.455. The van der Waals surface area contributed by atoms with Crippen molar-refractivity contribution in [3.8, 4) is 0 Å². The maximum absolute atomic E-state index is 5.67. The van der Waals surface area contributed by atoms with Gasteiger partial charge in [0.05, 0.1) is 0 Å². The lowest BCUT2D eigenvalue weighted by molar-refractivity contribution is 0.347. The van der Waals surface area contributed by atoms with E-state index in [1.54, 1.807) is 7.31 Å². The zero-order valence-corrected chi connectivity index (χ0v) is 8.89. The minimum atomic E-state index is 0.551. The molecule has 1 aromatic carbocycles. The van der Waals surface area contributed by atoms with Gasteiger partial charge in [-0.05, 0) is 18.5 Å². The second kappa shape index (κ2) is 5.38. The van der Waals surface area contributed by atoms with Crippen molar-refractivity contribution in [2.75, 3.05) is 13.1 Å². The van der Waals surface area contributed by atoms with Crippen molar-refractivity contribution in [3.05, 3.63) is 35.9 Å². The molecular formula is C11H15B2N2. The van der Waals surface area contributed by atoms with E-state index in [0.29, 0.717) is 6.04 Å². The quantitative estimate of drug-likeness (QED) is 0.709. The summed E-state index contributed by atoms with van der Waals surface area (Å²) in [5, 5.41) is 3.36. The summed E-state index contributed by atoms with van der Waals surface area (Å²) < 4.78 is 0. The maximum Gasteiger partial charge on any atom is 0.149 e. The molecule has 1 atom stereocenters. The number of nitrogens with one attached hydrogen (secondary N) is 1. The zero-order chi connectivity index (χ0) is 10.5. The fourth-order valence-electron chi connectivity index (χ4n) is 2.02. The highest BCUT2D eigenvalue weighted by Gasteiger charge is 2.20. The molecule has 1 heterocycles. The minimum absolute atomic E-state index is 0.551. The highest BCUT2D eigenvalue weighted by molar-refractivity contribution is 6.87. The lowest BCUT2D eigenvalue weighted by Gasteiger charge is -2.27. The van der Waals surface area contributed by atoms with E-state index >= 15 is 0 Å². The molecule has 3 radical (unpaired) electrons. The molecule has 0 bridgehead atoms. The number of hydrogen-bond donors (Lipinski definition) is 1. The Balaban J connectivity index is 1.96. The van der Waals surface area contributed by atoms with Gasteiger partial charge in [0.25, 0.3) is 0 Å². The van der Waals surface area contributed by atoms with Crippen LogP contribution in [0.5, 0.6) is 0 Å². The summed E-state index contributed by atoms with van der Waals surface area (Å²) in [6, 6.07) is 11.0. The van der Waals surface area contributed by atoms with Crippen LogP contribution in [0.2, 0.25) is 0 Å². The average molecular weight is 197 g/mol. The molecule has 0 amide bonds. The van der Waals surface area contributed by atoms with Crippen LogP contribution in [0.4, 0.5) is 0 Å². The predicted molar refractivity (Wildman–Crippen MR) is 64.8 cm³/mol. The third-order valence-corrected chi connectivity index (χ3v) is 2.90. The highest BCUT2D eigenvalue weighted by atomic mass is 15.1. The summed E-state index contributed by atoms with van der Waals surface area (Å²) in [6.45, 7) is 3.05. The van der Waals surface area contributed by atoms with Gasteiger partial charge < -0.3 is 10.1 Å². The van der Waals surface area contributed by atoms with Crippen LogP contribution in [0.3, 0.4) is 0 Å². The van der Waals surface area contributed by atoms with Gasteiger partial charge in [-0.2, -0.15) is 0 Å². The lowest BCUT2D eigenvalue weighted by atomic mass is 9.64. The van der Waals surface area contributed by atoms with Crippen molar-refractivity contribution in [1.82, 2.24) is 10.1 Å². The Morgan fingerprint density at radius 2 is 2.20 bits per heavy atom. The van der Waals surface area contributed by atoms with Crippen molar-refractivity contribution in [2.24, 2.45) is 0 Å². The first kappa shape index (κ1) is 10.8. The molecule has 1 N–H and O–H groups in total. The molecule has 0 aliphatic carbocycles. The fourth-order valence-corrected chi connectivity index (χ4v) is 2.02. The van der Waals surface area contributed by atoms with Crippen LogP contribution >= 0.6 is 0 Å². The molecular weight excluding hydrogens is 182 g/mol. The van der Waals surface area contributed by atoms with E-state index < -0.39 is 0 Å². The first-order valence-electron chi connectivity index (χ1n) is 5.45. The monoisotopic (exact) mass is 197 g/mol. The third-order valence-electron chi connectivity index (χ3n) is 2.90. The van der Waals surface area contributed by atoms with E-state index in [-0.39, 0.29) is 0 Å². The van der Waals surface area contributed by atoms with Crippen molar-refractivity contribution >= 4 is 15.0 Å². The van der Waals surface area contributed by atoms with Gasteiger partial charge in [-0.25, -0.2) is 0 Å². The third kappa shape index (κ3) is 2.86. The molecule has 1 saturated heterocycles. The van der Waals surface area contributed by atoms with Crippen LogP contribution in [-0.4, -0.2) is 39.0 Å². The topological polar surface area (TPSA) is 15.3 Å². The molecule has 1 aliphatic heterocycles. The molecule has 1 aromatic rings. The Morgan fingerprint density at radius 1 is 1.40 bits per heavy atom. The van der Waals surface area contributed by atoms with Crippen LogP contribution in [-0.2, 0) is 6.54 Å². The van der Waals surface area contributed by atoms with Crippen LogP contribution in [0.25, 0.3) is 0 Å². The molecule has 1 fully saturated rings. The van der Waals surface area contributed by atoms with E-state index in [1.807, 2.05) is 6.07 Å². The normalized spacial score (nSPS) is 20.7. The Kier molecular flexibility index (Phi) is 3.87. The first-order chi connectivity index (χ1) is 7.40. The Bertz CT molecular complexity index is 286. The number of hydrogen-bond acceptors (Lipinski definition) is 2. The van der Waals surface area contributed by atoms with E-state index in [2.05, 4.69) is 34.4 Å². The predicted octanol–water partition coefficient (Wildman–Crippen LogP) is 0.553. The SMILES string of the molecule is [B][B]N(Cc1ccccc1)C1CCNC1. The van der Waals surface area contributed by atoms with Gasteiger partial charge in [-0.1, -0.05) is 30.3 Å². The molecule has 0 saturated carbocycles. The van der Waals surface area contributed by atoms with E-state index in [9.17, 15) is 0 Å². The number of rotatable bonds is 4. The molecule has 2 nitrogen and oxygen atoms in total. The first-order valence-corrected chi connectivity index (χ1v) is 5.45. The van der Waals surface area contributed by atoms with Crippen LogP contribution in [0, 0.1) is 0 Å². The number of nitrogens with zero attached hydrogens (tertiary/aromatic N) is 1. The summed E-state index contributed by atoms with van der Waals surface area (Å²) >= 11 is 0. The summed E-state index contributed by atoms with van der Waals surface area (Å²) in [7, 11) is 7.39. The van der Waals surface area contributed by atoms with Crippen LogP contribution in [0.15, 0.2) is 30.3 Å². The van der Waals surface area contributed by atoms with Crippen molar-refractivity contribution in [2.45, 2.75) is 19.0 Å². The second-order valence-electron chi connectivity index (χ2n) is 3.95. The summed E-state index contributed by atoms with van der Waals surface area (Å²) in [4.78, 5) is 2.22. The number of benzene rings is 1. The van der Waals surface area contributed by atoms with Gasteiger partial charge in [0, 0.05) is 26.9 Å². The van der Waals surface area contributed by atoms with E-state index in [4.69, 9.17) is 7.74 Å². The van der Waals surface area contributed by atoms with Gasteiger partial charge in [0.15, 0.2) is 0 Å². The van der Waals surface area contributed by atoms with Gasteiger partial charge in [-0.15, -0.1) is 0 Å². The Labute approximate surface area is 93.7 Å². The van der Waals surface area contributed by atoms with E-state index in [1.165, 1.54) is 12.0 Å². The largest absolute Gasteiger partial charge is 0.349 e. The Hall–Kier alpha value is -0.730. The van der Waals surface area contributed by atoms with Gasteiger partial charge in [0.2, 0.25) is 0 Å². The van der Waals surface area contributed by atoms with Gasteiger partial charge in [-0.3, -0.25) is 0 Å². The van der Waals surface area contributed by atoms with Gasteiger partial charge in [0.1, 0.15) is 7.31 Å². The molecule has 4 heteroatoms. The smallest absolute Gasteiger partial charge is 0.149 e. The Morgan fingerprint density at radius 3 is 2.80 bits per heavy atom. The minimum Gasteiger partial charge on any atom is -0.349 e. The van der Waals surface area contributed by atoms with E-state index in [0.717, 1.165) is 19.6 Å². The lowest BCUT2D eigenvalue weighted by Crippen LogP contribution is -2.39. The van der Waals surface area contributed by atoms with Gasteiger partial charge >= 0.3 is 0 Å². The van der Waals surface area contributed by atoms with Crippen molar-refractivity contribution in [1.29, 1.82) is 0 Å². The molecule has 2 rings (SSSR count). The molecule has 15 heavy (non-hydrogen) atoms. The second-order valence-corrected chi connectivity index (χ2v) is 3.95. The molecule has 0 aromatic heterocycles. The van der Waals surface area contributed by atoms with Crippen LogP contribution in [0.1, 0.15) is 12.0 Å². The summed E-state index contributed by atoms with van der Waals surface area (Å²) in [5.41, 5.74) is 1.31. The zero-order valence-electron chi connectivity index (χ0n) is 8.89. The van der Waals surface area contributed by atoms with Crippen molar-refractivity contribution in [3.63, 3.8) is 0 Å².